The van der Waals surface area contributed by atoms with Gasteiger partial charge in [-0.1, -0.05) is 104 Å². The Morgan fingerprint density at radius 2 is 1.09 bits per heavy atom. The first-order valence-electron chi connectivity index (χ1n) is 22.4. The molecule has 6 rings (SSSR count). The van der Waals surface area contributed by atoms with Crippen LogP contribution in [-0.2, 0) is 25.7 Å². The zero-order chi connectivity index (χ0) is 41.5. The molecule has 0 spiro atoms. The molecular formula is C50H70F4O3. The molecule has 2 N–H and O–H groups in total. The summed E-state index contributed by atoms with van der Waals surface area (Å²) < 4.78 is 62.9. The van der Waals surface area contributed by atoms with E-state index in [9.17, 15) is 22.7 Å². The van der Waals surface area contributed by atoms with Crippen molar-refractivity contribution in [1.29, 1.82) is 0 Å². The number of ether oxygens (including phenoxy) is 1. The Morgan fingerprint density at radius 3 is 1.51 bits per heavy atom. The van der Waals surface area contributed by atoms with Gasteiger partial charge in [0.05, 0.1) is 0 Å². The van der Waals surface area contributed by atoms with Crippen LogP contribution in [0.15, 0.2) is 12.1 Å². The number of aliphatic hydroxyl groups is 1. The summed E-state index contributed by atoms with van der Waals surface area (Å²) in [5, 5.41) is 18.1. The van der Waals surface area contributed by atoms with Crippen LogP contribution in [0.4, 0.5) is 17.6 Å². The number of aromatic hydroxyl groups is 1. The number of hydrogen-bond donors (Lipinski definition) is 2. The summed E-state index contributed by atoms with van der Waals surface area (Å²) in [6, 6.07) is 3.12. The number of halogens is 4. The summed E-state index contributed by atoms with van der Waals surface area (Å²) >= 11 is 0. The molecule has 4 aliphatic carbocycles. The highest BCUT2D eigenvalue weighted by atomic mass is 19.2. The monoisotopic (exact) mass is 795 g/mol. The second-order valence-corrected chi connectivity index (χ2v) is 17.5. The van der Waals surface area contributed by atoms with E-state index in [4.69, 9.17) is 22.7 Å². The Bertz CT molecular complexity index is 1630. The Morgan fingerprint density at radius 1 is 0.614 bits per heavy atom. The molecule has 0 amide bonds. The van der Waals surface area contributed by atoms with Crippen molar-refractivity contribution in [3.05, 3.63) is 57.7 Å². The maximum Gasteiger partial charge on any atom is 0.200 e. The Balaban J connectivity index is 0.000000221. The predicted molar refractivity (Wildman–Crippen MR) is 224 cm³/mol. The quantitative estimate of drug-likeness (QED) is 0.166. The van der Waals surface area contributed by atoms with Crippen LogP contribution in [0.3, 0.4) is 0 Å². The predicted octanol–water partition coefficient (Wildman–Crippen LogP) is 13.0. The van der Waals surface area contributed by atoms with Gasteiger partial charge in [0.25, 0.3) is 0 Å². The van der Waals surface area contributed by atoms with Crippen molar-refractivity contribution in [2.75, 3.05) is 0 Å². The number of fused-ring (bicyclic) bond motifs is 2. The summed E-state index contributed by atoms with van der Waals surface area (Å²) in [4.78, 5) is 0. The van der Waals surface area contributed by atoms with Crippen LogP contribution in [0.1, 0.15) is 166 Å². The average Bonchev–Trinajstić information content (AvgIpc) is 3.23. The van der Waals surface area contributed by atoms with Crippen LogP contribution >= 0.6 is 0 Å². The molecular weight excluding hydrogens is 725 g/mol. The molecule has 316 valence electrons. The lowest BCUT2D eigenvalue weighted by Crippen LogP contribution is -2.27. The molecule has 7 heteroatoms. The van der Waals surface area contributed by atoms with E-state index in [0.717, 1.165) is 67.9 Å². The third-order valence-electron chi connectivity index (χ3n) is 13.5. The first kappa shape index (κ1) is 46.5. The van der Waals surface area contributed by atoms with Crippen molar-refractivity contribution < 1.29 is 32.5 Å². The molecule has 0 aliphatic heterocycles. The van der Waals surface area contributed by atoms with Crippen molar-refractivity contribution in [2.24, 2.45) is 35.5 Å². The molecule has 0 heterocycles. The number of terminal acetylenes is 2. The average molecular weight is 795 g/mol. The topological polar surface area (TPSA) is 49.7 Å². The molecule has 0 radical (unpaired) electrons. The van der Waals surface area contributed by atoms with Crippen molar-refractivity contribution in [3.63, 3.8) is 0 Å². The number of phenolic OH excluding ortho intramolecular Hbond substituents is 1. The van der Waals surface area contributed by atoms with Gasteiger partial charge in [-0.2, -0.15) is 8.78 Å². The van der Waals surface area contributed by atoms with E-state index in [2.05, 4.69) is 25.7 Å². The molecule has 0 bridgehead atoms. The summed E-state index contributed by atoms with van der Waals surface area (Å²) in [5.41, 5.74) is 2.79. The molecule has 4 atom stereocenters. The van der Waals surface area contributed by atoms with Gasteiger partial charge in [-0.05, 0) is 147 Å². The second-order valence-electron chi connectivity index (χ2n) is 17.5. The Hall–Kier alpha value is -3.16. The normalized spacial score (nSPS) is 25.1. The van der Waals surface area contributed by atoms with Crippen LogP contribution in [0, 0.1) is 83.5 Å². The zero-order valence-electron chi connectivity index (χ0n) is 35.3. The fraction of sp³-hybridized carbons (Fsp3) is 0.680. The van der Waals surface area contributed by atoms with Crippen LogP contribution in [0.2, 0.25) is 0 Å². The first-order valence-corrected chi connectivity index (χ1v) is 22.4. The zero-order valence-corrected chi connectivity index (χ0v) is 35.3. The van der Waals surface area contributed by atoms with E-state index in [1.54, 1.807) is 6.07 Å². The minimum atomic E-state index is -1.08. The highest BCUT2D eigenvalue weighted by molar-refractivity contribution is 5.41. The second kappa shape index (κ2) is 23.4. The molecule has 57 heavy (non-hydrogen) atoms. The van der Waals surface area contributed by atoms with Gasteiger partial charge in [0.15, 0.2) is 29.2 Å². The lowest BCUT2D eigenvalue weighted by molar-refractivity contribution is 0.182. The van der Waals surface area contributed by atoms with Crippen molar-refractivity contribution in [3.8, 4) is 36.2 Å². The lowest BCUT2D eigenvalue weighted by Gasteiger charge is -2.36. The third kappa shape index (κ3) is 12.9. The number of rotatable bonds is 12. The van der Waals surface area contributed by atoms with Crippen LogP contribution in [-0.4, -0.2) is 22.4 Å². The van der Waals surface area contributed by atoms with E-state index < -0.39 is 41.2 Å². The minimum absolute atomic E-state index is 0.0221. The van der Waals surface area contributed by atoms with Gasteiger partial charge >= 0.3 is 0 Å². The van der Waals surface area contributed by atoms with E-state index in [-0.39, 0.29) is 5.75 Å². The highest BCUT2D eigenvalue weighted by Crippen LogP contribution is 2.44. The molecule has 0 aromatic heterocycles. The van der Waals surface area contributed by atoms with Crippen LogP contribution < -0.4 is 4.74 Å². The molecule has 4 unspecified atom stereocenters. The lowest BCUT2D eigenvalue weighted by atomic mass is 9.69. The molecule has 2 fully saturated rings. The third-order valence-corrected chi connectivity index (χ3v) is 13.5. The number of phenols is 1. The molecule has 0 saturated heterocycles. The van der Waals surface area contributed by atoms with Gasteiger partial charge in [-0.15, -0.1) is 12.8 Å². The van der Waals surface area contributed by atoms with Crippen molar-refractivity contribution in [1.82, 2.24) is 0 Å². The summed E-state index contributed by atoms with van der Waals surface area (Å²) in [6.45, 7) is 8.48. The SMILES string of the molecule is C#CC(CCC)Oc1cc2c(c(F)c1F)CC(C1CCC(CCC)CC1)CC2.C#CC(O)CCC.CCCC1CCC(C2CCc3cc(O)c(F)c(F)c3C2)CC1. The first-order chi connectivity index (χ1) is 27.5. The van der Waals surface area contributed by atoms with Crippen LogP contribution in [0.5, 0.6) is 11.5 Å². The standard InChI is InChI=1S/C25H34F2O.C19H26F2O.C6H10O/c1-4-7-17-9-11-18(12-10-17)19-13-14-20-16-23(28-21(6-3)8-5-2)25(27)24(26)22(20)15-19;1-2-3-12-4-6-13(7-5-12)14-8-9-15-11-17(22)19(21)18(20)16(15)10-14;1-3-5-6(7)4-2/h3,16-19,21H,4-5,7-15H2,1-2H3;11-14,22H,2-10H2,1H3;2,6-7H,3,5H2,1H3. The molecule has 2 aromatic rings. The maximum absolute atomic E-state index is 14.9. The van der Waals surface area contributed by atoms with Crippen molar-refractivity contribution in [2.45, 2.75) is 181 Å². The summed E-state index contributed by atoms with van der Waals surface area (Å²) in [5.74, 6) is 4.73. The van der Waals surface area contributed by atoms with Gasteiger partial charge in [0.2, 0.25) is 11.6 Å². The van der Waals surface area contributed by atoms with Gasteiger partial charge < -0.3 is 14.9 Å². The van der Waals surface area contributed by atoms with E-state index in [0.29, 0.717) is 54.1 Å². The maximum atomic E-state index is 14.9. The number of benzene rings is 2. The summed E-state index contributed by atoms with van der Waals surface area (Å²) in [7, 11) is 0. The fourth-order valence-electron chi connectivity index (χ4n) is 10.2. The largest absolute Gasteiger partial charge is 0.505 e. The van der Waals surface area contributed by atoms with Gasteiger partial charge in [-0.25, -0.2) is 8.78 Å². The van der Waals surface area contributed by atoms with Crippen molar-refractivity contribution >= 4 is 0 Å². The molecule has 3 nitrogen and oxygen atoms in total. The fourth-order valence-corrected chi connectivity index (χ4v) is 10.2. The number of aryl methyl sites for hydroxylation is 2. The minimum Gasteiger partial charge on any atom is -0.505 e. The Kier molecular flexibility index (Phi) is 19.1. The van der Waals surface area contributed by atoms with E-state index >= 15 is 0 Å². The summed E-state index contributed by atoms with van der Waals surface area (Å²) in [6.07, 6.45) is 32.8. The highest BCUT2D eigenvalue weighted by Gasteiger charge is 2.34. The van der Waals surface area contributed by atoms with Gasteiger partial charge in [0, 0.05) is 0 Å². The molecule has 2 aromatic carbocycles. The van der Waals surface area contributed by atoms with Gasteiger partial charge in [0.1, 0.15) is 6.10 Å². The van der Waals surface area contributed by atoms with E-state index in [1.807, 2.05) is 13.8 Å². The van der Waals surface area contributed by atoms with E-state index in [1.165, 1.54) is 83.1 Å². The van der Waals surface area contributed by atoms with Gasteiger partial charge in [-0.3, -0.25) is 0 Å². The molecule has 4 aliphatic rings. The number of aliphatic hydroxyl groups excluding tert-OH is 1. The van der Waals surface area contributed by atoms with Crippen LogP contribution in [0.25, 0.3) is 0 Å². The molecule has 2 saturated carbocycles. The Labute approximate surface area is 342 Å². The smallest absolute Gasteiger partial charge is 0.200 e. The number of hydrogen-bond acceptors (Lipinski definition) is 3.